The van der Waals surface area contributed by atoms with Crippen LogP contribution in [0, 0.1) is 11.8 Å². The Labute approximate surface area is 333 Å². The quantitative estimate of drug-likeness (QED) is 0.0956. The lowest BCUT2D eigenvalue weighted by Crippen LogP contribution is -2.54. The molecule has 4 N–H and O–H groups in total. The molecule has 3 amide bonds. The minimum Gasteiger partial charge on any atom is -0.453 e. The van der Waals surface area contributed by atoms with Crippen LogP contribution >= 0.6 is 0 Å². The number of amides is 3. The number of nitrogens with one attached hydrogen (secondary N) is 4. The van der Waals surface area contributed by atoms with Gasteiger partial charge in [0.2, 0.25) is 12.3 Å². The summed E-state index contributed by atoms with van der Waals surface area (Å²) in [6, 6.07) is 19.8. The predicted octanol–water partition coefficient (Wildman–Crippen LogP) is 7.35. The minimum absolute atomic E-state index is 0.0428. The summed E-state index contributed by atoms with van der Waals surface area (Å²) in [7, 11) is 2.79. The van der Waals surface area contributed by atoms with Gasteiger partial charge in [-0.25, -0.2) is 14.8 Å². The summed E-state index contributed by atoms with van der Waals surface area (Å²) < 4.78 is 10.1. The molecular formula is C44H52N8O5. The van der Waals surface area contributed by atoms with Gasteiger partial charge in [-0.15, -0.1) is 0 Å². The Balaban J connectivity index is 0.000000391. The smallest absolute Gasteiger partial charge is 0.407 e. The number of imidazole rings is 2. The van der Waals surface area contributed by atoms with Gasteiger partial charge in [0.25, 0.3) is 0 Å². The summed E-state index contributed by atoms with van der Waals surface area (Å²) in [6.07, 6.45) is 13.8. The number of hydrogen-bond donors (Lipinski definition) is 4. The number of methoxy groups -OCH3 is 2. The lowest BCUT2D eigenvalue weighted by molar-refractivity contribution is -0.137. The van der Waals surface area contributed by atoms with E-state index in [4.69, 9.17) is 14.5 Å². The number of hydrogen-bond acceptors (Lipinski definition) is 8. The highest BCUT2D eigenvalue weighted by atomic mass is 16.5. The molecule has 3 fully saturated rings. The van der Waals surface area contributed by atoms with E-state index in [1.54, 1.807) is 24.2 Å². The molecule has 3 aromatic heterocycles. The van der Waals surface area contributed by atoms with Crippen LogP contribution in [0.1, 0.15) is 87.6 Å². The van der Waals surface area contributed by atoms with E-state index in [9.17, 15) is 14.4 Å². The van der Waals surface area contributed by atoms with E-state index in [1.807, 2.05) is 31.5 Å². The molecule has 3 aliphatic rings. The zero-order valence-corrected chi connectivity index (χ0v) is 33.0. The first-order valence-corrected chi connectivity index (χ1v) is 19.8. The Morgan fingerprint density at radius 3 is 2.05 bits per heavy atom. The van der Waals surface area contributed by atoms with Crippen molar-refractivity contribution in [1.29, 1.82) is 0 Å². The van der Waals surface area contributed by atoms with Crippen LogP contribution in [0.5, 0.6) is 0 Å². The summed E-state index contributed by atoms with van der Waals surface area (Å²) in [4.78, 5) is 57.8. The third-order valence-electron chi connectivity index (χ3n) is 11.9. The van der Waals surface area contributed by atoms with Crippen LogP contribution in [0.3, 0.4) is 0 Å². The lowest BCUT2D eigenvalue weighted by Gasteiger charge is -2.30. The zero-order chi connectivity index (χ0) is 39.9. The number of ether oxygens (including phenoxy) is 2. The summed E-state index contributed by atoms with van der Waals surface area (Å²) in [5, 5.41) is 5.27. The lowest BCUT2D eigenvalue weighted by atomic mass is 9.88. The highest BCUT2D eigenvalue weighted by molar-refractivity contribution is 5.87. The van der Waals surface area contributed by atoms with Crippen molar-refractivity contribution in [2.75, 3.05) is 20.8 Å². The van der Waals surface area contributed by atoms with E-state index >= 15 is 0 Å². The molecule has 4 heterocycles. The van der Waals surface area contributed by atoms with Crippen molar-refractivity contribution in [1.82, 2.24) is 40.5 Å². The number of pyridine rings is 1. The minimum atomic E-state index is -0.863. The van der Waals surface area contributed by atoms with Crippen molar-refractivity contribution < 1.29 is 23.9 Å². The summed E-state index contributed by atoms with van der Waals surface area (Å²) >= 11 is 0. The first-order valence-electron chi connectivity index (χ1n) is 19.8. The van der Waals surface area contributed by atoms with Gasteiger partial charge in [-0.1, -0.05) is 61.0 Å². The number of H-pyrrole nitrogens is 2. The summed E-state index contributed by atoms with van der Waals surface area (Å²) in [5.41, 5.74) is 7.42. The van der Waals surface area contributed by atoms with Gasteiger partial charge in [0, 0.05) is 32.0 Å². The molecule has 13 heteroatoms. The third-order valence-corrected chi connectivity index (χ3v) is 11.9. The van der Waals surface area contributed by atoms with Crippen LogP contribution in [-0.2, 0) is 19.1 Å². The van der Waals surface area contributed by atoms with Crippen molar-refractivity contribution in [3.8, 4) is 33.6 Å². The number of aromatic nitrogens is 5. The number of carbonyl (C=O) groups is 3. The third kappa shape index (κ3) is 8.93. The highest BCUT2D eigenvalue weighted by Gasteiger charge is 2.42. The van der Waals surface area contributed by atoms with Crippen LogP contribution in [0.2, 0.25) is 0 Å². The molecule has 2 bridgehead atoms. The second-order valence-electron chi connectivity index (χ2n) is 15.3. The normalized spacial score (nSPS) is 21.2. The first-order chi connectivity index (χ1) is 27.8. The monoisotopic (exact) mass is 772 g/mol. The van der Waals surface area contributed by atoms with Crippen LogP contribution in [0.15, 0.2) is 85.5 Å². The maximum Gasteiger partial charge on any atom is 0.407 e. The van der Waals surface area contributed by atoms with Crippen molar-refractivity contribution in [3.05, 3.63) is 103 Å². The number of fused-ring (bicyclic) bond motifs is 2. The first kappa shape index (κ1) is 39.4. The molecule has 1 saturated heterocycles. The Kier molecular flexibility index (Phi) is 12.4. The number of rotatable bonds is 12. The van der Waals surface area contributed by atoms with Gasteiger partial charge in [-0.3, -0.25) is 14.6 Å². The van der Waals surface area contributed by atoms with Gasteiger partial charge >= 0.3 is 6.09 Å². The molecule has 2 saturated carbocycles. The molecule has 0 radical (unpaired) electrons. The molecule has 0 spiro atoms. The van der Waals surface area contributed by atoms with Gasteiger partial charge in [0.15, 0.2) is 0 Å². The van der Waals surface area contributed by atoms with E-state index in [-0.39, 0.29) is 18.0 Å². The number of carbonyl (C=O) groups excluding carboxylic acids is 3. The van der Waals surface area contributed by atoms with Gasteiger partial charge < -0.3 is 35.0 Å². The molecule has 5 aromatic rings. The van der Waals surface area contributed by atoms with Crippen LogP contribution in [-0.4, -0.2) is 81.1 Å². The number of benzene rings is 2. The fourth-order valence-corrected chi connectivity index (χ4v) is 8.61. The molecule has 7 unspecified atom stereocenters. The van der Waals surface area contributed by atoms with Crippen LogP contribution in [0.4, 0.5) is 4.79 Å². The average Bonchev–Trinajstić information content (AvgIpc) is 4.12. The van der Waals surface area contributed by atoms with Crippen molar-refractivity contribution in [3.63, 3.8) is 0 Å². The highest BCUT2D eigenvalue weighted by Crippen LogP contribution is 2.52. The largest absolute Gasteiger partial charge is 0.453 e. The molecular weight excluding hydrogens is 721 g/mol. The van der Waals surface area contributed by atoms with Crippen molar-refractivity contribution in [2.45, 2.75) is 82.5 Å². The molecule has 57 heavy (non-hydrogen) atoms. The Bertz CT molecular complexity index is 2100. The van der Waals surface area contributed by atoms with Crippen LogP contribution in [0.25, 0.3) is 33.6 Å². The Morgan fingerprint density at radius 1 is 0.842 bits per heavy atom. The molecule has 2 aromatic carbocycles. The summed E-state index contributed by atoms with van der Waals surface area (Å²) in [5.74, 6) is 3.98. The molecule has 13 nitrogen and oxygen atoms in total. The topological polar surface area (TPSA) is 167 Å². The predicted molar refractivity (Wildman–Crippen MR) is 217 cm³/mol. The maximum atomic E-state index is 13.5. The Hall–Kier alpha value is -5.82. The second kappa shape index (κ2) is 18.0. The molecule has 1 aliphatic heterocycles. The molecule has 7 atom stereocenters. The standard InChI is InChI=1S/C36H42N6O4.C8H10N2O/c1-21(45-2)32(41-36(44)46-3)35(43)42-16-4-5-31(42)34-38-20-30(40-34)26-14-10-24(11-15-26)23-8-12-25(13-9-23)29-19-37-33(39-29)28-18-22-6-7-27(28)17-22;1-7(10-6-11)8-3-2-4-9-5-8/h8-15,19-22,27-28,31-32H,4-7,16-18H2,1-3H3,(H,37,39)(H,38,40)(H,41,44);2-7H,1H3,(H,10,11). The van der Waals surface area contributed by atoms with Gasteiger partial charge in [-0.05, 0) is 91.7 Å². The number of alkyl carbamates (subject to hydrolysis) is 1. The van der Waals surface area contributed by atoms with Crippen LogP contribution < -0.4 is 10.6 Å². The van der Waals surface area contributed by atoms with Crippen molar-refractivity contribution in [2.24, 2.45) is 11.8 Å². The van der Waals surface area contributed by atoms with Crippen molar-refractivity contribution >= 4 is 18.4 Å². The van der Waals surface area contributed by atoms with Gasteiger partial charge in [-0.2, -0.15) is 0 Å². The molecule has 8 rings (SSSR count). The van der Waals surface area contributed by atoms with Gasteiger partial charge in [0.05, 0.1) is 49.1 Å². The molecule has 2 aliphatic carbocycles. The fraction of sp³-hybridized carbons (Fsp3) is 0.409. The van der Waals surface area contributed by atoms with E-state index in [1.165, 1.54) is 39.9 Å². The molecule has 298 valence electrons. The van der Waals surface area contributed by atoms with E-state index < -0.39 is 18.2 Å². The van der Waals surface area contributed by atoms with E-state index in [2.05, 4.69) is 79.1 Å². The average molecular weight is 773 g/mol. The summed E-state index contributed by atoms with van der Waals surface area (Å²) in [6.45, 7) is 4.23. The fourth-order valence-electron chi connectivity index (χ4n) is 8.61. The number of nitrogens with zero attached hydrogens (tertiary/aromatic N) is 4. The second-order valence-corrected chi connectivity index (χ2v) is 15.3. The van der Waals surface area contributed by atoms with Gasteiger partial charge in [0.1, 0.15) is 17.7 Å². The van der Waals surface area contributed by atoms with E-state index in [0.717, 1.165) is 75.5 Å². The Morgan fingerprint density at radius 2 is 1.49 bits per heavy atom. The number of likely N-dealkylation sites (tertiary alicyclic amines) is 1. The van der Waals surface area contributed by atoms with E-state index in [0.29, 0.717) is 18.9 Å². The number of aromatic amines is 2. The SMILES string of the molecule is CC(NC=O)c1cccnc1.COC(=O)NC(C(=O)N1CCCC1c1ncc(-c2ccc(-c3ccc(-c4cnc(C5CC6CCC5C6)[nH]4)cc3)cc2)[nH]1)C(C)OC. The zero-order valence-electron chi connectivity index (χ0n) is 33.0. The maximum absolute atomic E-state index is 13.5.